The molecular weight excluding hydrogens is 236 g/mol. The van der Waals surface area contributed by atoms with Crippen LogP contribution >= 0.6 is 11.6 Å². The summed E-state index contributed by atoms with van der Waals surface area (Å²) in [7, 11) is 0. The van der Waals surface area contributed by atoms with E-state index in [1.807, 2.05) is 0 Å². The zero-order valence-electron chi connectivity index (χ0n) is 7.75. The molecule has 8 heteroatoms. The molecule has 1 aromatic carbocycles. The van der Waals surface area contributed by atoms with Crippen LogP contribution in [0.1, 0.15) is 0 Å². The Bertz CT molecular complexity index is 554. The molecule has 0 aliphatic heterocycles. The molecule has 0 atom stereocenters. The molecule has 2 aromatic rings. The van der Waals surface area contributed by atoms with E-state index in [4.69, 9.17) is 21.8 Å². The first-order chi connectivity index (χ1) is 7.59. The molecule has 16 heavy (non-hydrogen) atoms. The average molecular weight is 241 g/mol. The van der Waals surface area contributed by atoms with Crippen LogP contribution < -0.4 is 5.73 Å². The third-order valence-corrected chi connectivity index (χ3v) is 2.16. The first-order valence-electron chi connectivity index (χ1n) is 4.12. The molecule has 0 radical (unpaired) electrons. The molecule has 0 aliphatic carbocycles. The predicted octanol–water partition coefficient (Wildman–Crippen LogP) is 1.88. The summed E-state index contributed by atoms with van der Waals surface area (Å²) in [6, 6.07) is 4.07. The van der Waals surface area contributed by atoms with Crippen molar-refractivity contribution in [1.82, 2.24) is 10.2 Å². The fraction of sp³-hybridized carbons (Fsp3) is 0. The monoisotopic (exact) mass is 240 g/mol. The highest BCUT2D eigenvalue weighted by Gasteiger charge is 2.22. The highest BCUT2D eigenvalue weighted by molar-refractivity contribution is 6.33. The second-order valence-electron chi connectivity index (χ2n) is 2.84. The lowest BCUT2D eigenvalue weighted by Gasteiger charge is -1.99. The van der Waals surface area contributed by atoms with Crippen molar-refractivity contribution < 1.29 is 9.34 Å². The van der Waals surface area contributed by atoms with Gasteiger partial charge in [0.05, 0.1) is 9.95 Å². The third-order valence-electron chi connectivity index (χ3n) is 1.84. The quantitative estimate of drug-likeness (QED) is 0.634. The summed E-state index contributed by atoms with van der Waals surface area (Å²) in [4.78, 5) is 10.2. The van der Waals surface area contributed by atoms with Gasteiger partial charge in [-0.2, -0.15) is 0 Å². The van der Waals surface area contributed by atoms with Gasteiger partial charge in [0.25, 0.3) is 11.6 Å². The van der Waals surface area contributed by atoms with Crippen molar-refractivity contribution in [3.63, 3.8) is 0 Å². The SMILES string of the molecule is Nc1nnc(-c2c(Cl)cccc2[N+](=O)[O-])o1. The Hall–Kier alpha value is -2.15. The van der Waals surface area contributed by atoms with Gasteiger partial charge in [0, 0.05) is 6.07 Å². The lowest BCUT2D eigenvalue weighted by Crippen LogP contribution is -1.92. The smallest absolute Gasteiger partial charge is 0.313 e. The second kappa shape index (κ2) is 3.78. The molecule has 0 saturated carbocycles. The van der Waals surface area contributed by atoms with Gasteiger partial charge in [-0.25, -0.2) is 0 Å². The Morgan fingerprint density at radius 3 is 2.75 bits per heavy atom. The van der Waals surface area contributed by atoms with Gasteiger partial charge in [-0.05, 0) is 6.07 Å². The van der Waals surface area contributed by atoms with Gasteiger partial charge in [0.2, 0.25) is 0 Å². The van der Waals surface area contributed by atoms with Crippen LogP contribution in [0, 0.1) is 10.1 Å². The van der Waals surface area contributed by atoms with Crippen molar-refractivity contribution >= 4 is 23.3 Å². The summed E-state index contributed by atoms with van der Waals surface area (Å²) in [5, 5.41) is 17.9. The van der Waals surface area contributed by atoms with Gasteiger partial charge in [0.1, 0.15) is 5.56 Å². The minimum Gasteiger partial charge on any atom is -0.403 e. The zero-order valence-corrected chi connectivity index (χ0v) is 8.51. The molecule has 0 bridgehead atoms. The van der Waals surface area contributed by atoms with E-state index in [0.717, 1.165) is 0 Å². The Labute approximate surface area is 94.0 Å². The van der Waals surface area contributed by atoms with Crippen LogP contribution in [0.5, 0.6) is 0 Å². The molecule has 2 rings (SSSR count). The van der Waals surface area contributed by atoms with Gasteiger partial charge in [-0.1, -0.05) is 22.8 Å². The number of nitrogen functional groups attached to an aromatic ring is 1. The predicted molar refractivity (Wildman–Crippen MR) is 55.8 cm³/mol. The Morgan fingerprint density at radius 1 is 1.44 bits per heavy atom. The van der Waals surface area contributed by atoms with Crippen molar-refractivity contribution in [3.05, 3.63) is 33.3 Å². The lowest BCUT2D eigenvalue weighted by molar-refractivity contribution is -0.384. The van der Waals surface area contributed by atoms with Crippen LogP contribution in [0.4, 0.5) is 11.7 Å². The third kappa shape index (κ3) is 1.68. The maximum absolute atomic E-state index is 10.8. The van der Waals surface area contributed by atoms with E-state index in [1.165, 1.54) is 18.2 Å². The number of hydrogen-bond acceptors (Lipinski definition) is 6. The van der Waals surface area contributed by atoms with E-state index in [-0.39, 0.29) is 28.2 Å². The molecule has 7 nitrogen and oxygen atoms in total. The minimum absolute atomic E-state index is 0.0679. The molecule has 82 valence electrons. The number of rotatable bonds is 2. The first kappa shape index (κ1) is 10.4. The number of aromatic nitrogens is 2. The van der Waals surface area contributed by atoms with E-state index in [2.05, 4.69) is 10.2 Å². The highest BCUT2D eigenvalue weighted by atomic mass is 35.5. The van der Waals surface area contributed by atoms with Gasteiger partial charge in [0.15, 0.2) is 0 Å². The van der Waals surface area contributed by atoms with Crippen molar-refractivity contribution in [3.8, 4) is 11.5 Å². The molecule has 0 amide bonds. The van der Waals surface area contributed by atoms with E-state index < -0.39 is 4.92 Å². The van der Waals surface area contributed by atoms with Crippen molar-refractivity contribution in [2.45, 2.75) is 0 Å². The normalized spacial score (nSPS) is 10.3. The van der Waals surface area contributed by atoms with Crippen LogP contribution in [0.25, 0.3) is 11.5 Å². The number of benzene rings is 1. The van der Waals surface area contributed by atoms with E-state index >= 15 is 0 Å². The fourth-order valence-electron chi connectivity index (χ4n) is 1.21. The molecule has 0 saturated heterocycles. The van der Waals surface area contributed by atoms with Crippen molar-refractivity contribution in [2.75, 3.05) is 5.73 Å². The molecule has 0 unspecified atom stereocenters. The topological polar surface area (TPSA) is 108 Å². The maximum atomic E-state index is 10.8. The maximum Gasteiger partial charge on any atom is 0.313 e. The van der Waals surface area contributed by atoms with E-state index in [1.54, 1.807) is 0 Å². The zero-order chi connectivity index (χ0) is 11.7. The van der Waals surface area contributed by atoms with Gasteiger partial charge >= 0.3 is 6.01 Å². The Balaban J connectivity index is 2.67. The highest BCUT2D eigenvalue weighted by Crippen LogP contribution is 2.35. The summed E-state index contributed by atoms with van der Waals surface area (Å²) < 4.78 is 4.91. The number of hydrogen-bond donors (Lipinski definition) is 1. The standard InChI is InChI=1S/C8H5ClN4O3/c9-4-2-1-3-5(13(14)15)6(4)7-11-12-8(10)16-7/h1-3H,(H2,10,12). The summed E-state index contributed by atoms with van der Waals surface area (Å²) in [5.74, 6) is -0.0743. The second-order valence-corrected chi connectivity index (χ2v) is 3.24. The van der Waals surface area contributed by atoms with Gasteiger partial charge < -0.3 is 10.2 Å². The minimum atomic E-state index is -0.582. The summed E-state index contributed by atoms with van der Waals surface area (Å²) >= 11 is 5.84. The number of nitrogens with two attached hydrogens (primary N) is 1. The van der Waals surface area contributed by atoms with Gasteiger partial charge in [-0.3, -0.25) is 10.1 Å². The summed E-state index contributed by atoms with van der Waals surface area (Å²) in [6.07, 6.45) is 0. The molecule has 1 heterocycles. The molecule has 0 spiro atoms. The fourth-order valence-corrected chi connectivity index (χ4v) is 1.46. The number of halogens is 1. The number of nitrogens with zero attached hydrogens (tertiary/aromatic N) is 3. The van der Waals surface area contributed by atoms with Crippen molar-refractivity contribution in [1.29, 1.82) is 0 Å². The van der Waals surface area contributed by atoms with Crippen LogP contribution in [-0.4, -0.2) is 15.1 Å². The van der Waals surface area contributed by atoms with E-state index in [9.17, 15) is 10.1 Å². The number of nitro groups is 1. The van der Waals surface area contributed by atoms with Gasteiger partial charge in [-0.15, -0.1) is 5.10 Å². The molecule has 0 fully saturated rings. The Kier molecular flexibility index (Phi) is 2.45. The van der Waals surface area contributed by atoms with Crippen LogP contribution in [0.15, 0.2) is 22.6 Å². The summed E-state index contributed by atoms with van der Waals surface area (Å²) in [5.41, 5.74) is 5.10. The molecule has 0 aliphatic rings. The molecule has 2 N–H and O–H groups in total. The number of nitro benzene ring substituents is 1. The van der Waals surface area contributed by atoms with Crippen LogP contribution in [-0.2, 0) is 0 Å². The van der Waals surface area contributed by atoms with Crippen LogP contribution in [0.3, 0.4) is 0 Å². The largest absolute Gasteiger partial charge is 0.403 e. The van der Waals surface area contributed by atoms with Crippen LogP contribution in [0.2, 0.25) is 5.02 Å². The first-order valence-corrected chi connectivity index (χ1v) is 4.49. The average Bonchev–Trinajstić information content (AvgIpc) is 2.64. The number of anilines is 1. The summed E-state index contributed by atoms with van der Waals surface area (Å²) in [6.45, 7) is 0. The molecule has 1 aromatic heterocycles. The molecular formula is C8H5ClN4O3. The lowest BCUT2D eigenvalue weighted by atomic mass is 10.2. The Morgan fingerprint density at radius 2 is 2.19 bits per heavy atom. The van der Waals surface area contributed by atoms with E-state index in [0.29, 0.717) is 0 Å². The van der Waals surface area contributed by atoms with Crippen molar-refractivity contribution in [2.24, 2.45) is 0 Å².